The Bertz CT molecular complexity index is 1050. The lowest BCUT2D eigenvalue weighted by Crippen LogP contribution is -2.53. The lowest BCUT2D eigenvalue weighted by molar-refractivity contribution is -0.128. The van der Waals surface area contributed by atoms with Gasteiger partial charge in [0.2, 0.25) is 0 Å². The molecule has 1 saturated heterocycles. The predicted molar refractivity (Wildman–Crippen MR) is 117 cm³/mol. The van der Waals surface area contributed by atoms with Crippen LogP contribution in [0.4, 0.5) is 5.69 Å². The van der Waals surface area contributed by atoms with E-state index in [1.807, 2.05) is 12.1 Å². The zero-order valence-corrected chi connectivity index (χ0v) is 17.5. The molecule has 2 fully saturated rings. The Kier molecular flexibility index (Phi) is 3.69. The second-order valence-corrected chi connectivity index (χ2v) is 9.97. The molecule has 1 saturated carbocycles. The quantitative estimate of drug-likeness (QED) is 0.688. The highest BCUT2D eigenvalue weighted by Gasteiger charge is 2.65. The lowest BCUT2D eigenvalue weighted by Gasteiger charge is -2.53. The maximum absolute atomic E-state index is 13.2. The molecule has 6 rings (SSSR count). The third-order valence-electron chi connectivity index (χ3n) is 8.38. The molecule has 1 aromatic rings. The van der Waals surface area contributed by atoms with Crippen molar-refractivity contribution in [1.82, 2.24) is 4.98 Å². The average Bonchev–Trinajstić information content (AvgIpc) is 3.24. The number of nitrogens with zero attached hydrogens (tertiary/aromatic N) is 1. The van der Waals surface area contributed by atoms with Gasteiger partial charge in [-0.25, -0.2) is 0 Å². The van der Waals surface area contributed by atoms with Gasteiger partial charge in [0.05, 0.1) is 23.1 Å². The second-order valence-electron chi connectivity index (χ2n) is 9.97. The number of fused-ring (bicyclic) bond motifs is 1. The third-order valence-corrected chi connectivity index (χ3v) is 8.38. The van der Waals surface area contributed by atoms with E-state index in [-0.39, 0.29) is 22.5 Å². The van der Waals surface area contributed by atoms with Crippen LogP contribution in [-0.4, -0.2) is 22.1 Å². The van der Waals surface area contributed by atoms with Crippen molar-refractivity contribution in [3.63, 3.8) is 0 Å². The average molecular weight is 401 g/mol. The number of aromatic nitrogens is 1. The predicted octanol–water partition coefficient (Wildman–Crippen LogP) is 5.27. The largest absolute Gasteiger partial charge is 0.359 e. The highest BCUT2D eigenvalue weighted by Crippen LogP contribution is 2.66. The zero-order valence-electron chi connectivity index (χ0n) is 17.5. The second kappa shape index (κ2) is 6.04. The Morgan fingerprint density at radius 1 is 1.30 bits per heavy atom. The fraction of sp³-hybridized carbons (Fsp3) is 0.462. The zero-order chi connectivity index (χ0) is 20.6. The number of nitrogens with one attached hydrogen (secondary N) is 1. The number of allylic oxidation sites excluding steroid dienone is 2. The molecule has 2 aliphatic heterocycles. The number of hydrogen-bond acceptors (Lipinski definition) is 3. The lowest BCUT2D eigenvalue weighted by atomic mass is 9.59. The molecule has 3 heterocycles. The van der Waals surface area contributed by atoms with Gasteiger partial charge in [0.1, 0.15) is 0 Å². The van der Waals surface area contributed by atoms with E-state index < -0.39 is 0 Å². The number of hydrogen-bond donors (Lipinski definition) is 1. The standard InChI is InChI=1S/C26H28N2O2/c1-17-5-6-18-14-19-9-10-24(2)21(23(29)28-20-4-3-13-27-16-20)7-8-22(24)26(19)12-11-25(18,15-17)30-26/h3-4,7,9,13-14,16,22H,1,5-6,8,10-12,15H2,2H3,(H,28,29)/t22-,24-,25-,26-/m1/s1. The van der Waals surface area contributed by atoms with E-state index in [2.05, 4.69) is 42.0 Å². The minimum absolute atomic E-state index is 0.00737. The molecule has 1 aromatic heterocycles. The fourth-order valence-electron chi connectivity index (χ4n) is 6.91. The number of ether oxygens (including phenoxy) is 1. The molecule has 0 unspecified atom stereocenters. The summed E-state index contributed by atoms with van der Waals surface area (Å²) in [5, 5.41) is 3.05. The molecule has 1 amide bonds. The summed E-state index contributed by atoms with van der Waals surface area (Å²) in [6.07, 6.45) is 17.4. The summed E-state index contributed by atoms with van der Waals surface area (Å²) in [5.41, 5.74) is 5.17. The highest BCUT2D eigenvalue weighted by atomic mass is 16.5. The van der Waals surface area contributed by atoms with Crippen LogP contribution in [0.2, 0.25) is 0 Å². The number of rotatable bonds is 2. The highest BCUT2D eigenvalue weighted by molar-refractivity contribution is 6.05. The van der Waals surface area contributed by atoms with Gasteiger partial charge < -0.3 is 10.1 Å². The van der Waals surface area contributed by atoms with Crippen molar-refractivity contribution in [2.45, 2.75) is 63.1 Å². The molecular weight excluding hydrogens is 372 g/mol. The van der Waals surface area contributed by atoms with Gasteiger partial charge in [-0.05, 0) is 61.8 Å². The van der Waals surface area contributed by atoms with Crippen LogP contribution in [0.15, 0.2) is 71.6 Å². The molecule has 4 heteroatoms. The van der Waals surface area contributed by atoms with Gasteiger partial charge in [-0.1, -0.05) is 37.3 Å². The number of amides is 1. The summed E-state index contributed by atoms with van der Waals surface area (Å²) in [7, 11) is 0. The van der Waals surface area contributed by atoms with Gasteiger partial charge in [0.25, 0.3) is 5.91 Å². The van der Waals surface area contributed by atoms with Gasteiger partial charge in [-0.3, -0.25) is 9.78 Å². The van der Waals surface area contributed by atoms with E-state index in [1.165, 1.54) is 16.7 Å². The Morgan fingerprint density at radius 2 is 2.20 bits per heavy atom. The molecule has 1 N–H and O–H groups in total. The van der Waals surface area contributed by atoms with Crippen LogP contribution in [0, 0.1) is 11.3 Å². The first-order valence-electron chi connectivity index (χ1n) is 11.2. The first-order valence-corrected chi connectivity index (χ1v) is 11.2. The van der Waals surface area contributed by atoms with Crippen LogP contribution < -0.4 is 5.32 Å². The smallest absolute Gasteiger partial charge is 0.251 e. The molecule has 2 bridgehead atoms. The van der Waals surface area contributed by atoms with Gasteiger partial charge in [0, 0.05) is 29.5 Å². The first kappa shape index (κ1) is 18.3. The maximum Gasteiger partial charge on any atom is 0.251 e. The van der Waals surface area contributed by atoms with E-state index >= 15 is 0 Å². The Hall–Kier alpha value is -2.46. The summed E-state index contributed by atoms with van der Waals surface area (Å²) in [4.78, 5) is 17.3. The maximum atomic E-state index is 13.2. The summed E-state index contributed by atoms with van der Waals surface area (Å²) in [6.45, 7) is 6.54. The molecular formula is C26H28N2O2. The van der Waals surface area contributed by atoms with Crippen LogP contribution in [0.1, 0.15) is 51.9 Å². The number of pyridine rings is 1. The molecule has 4 nitrogen and oxygen atoms in total. The summed E-state index contributed by atoms with van der Waals surface area (Å²) < 4.78 is 7.10. The Balaban J connectivity index is 1.35. The minimum Gasteiger partial charge on any atom is -0.359 e. The van der Waals surface area contributed by atoms with Gasteiger partial charge in [0.15, 0.2) is 0 Å². The van der Waals surface area contributed by atoms with E-state index in [0.29, 0.717) is 5.92 Å². The van der Waals surface area contributed by atoms with Crippen molar-refractivity contribution in [1.29, 1.82) is 0 Å². The fourth-order valence-corrected chi connectivity index (χ4v) is 6.91. The third kappa shape index (κ3) is 2.31. The number of carbonyl (C=O) groups is 1. The SMILES string of the molecule is C=C1CCC2=CC3=CC[C@]4(C)C(C(=O)Nc5cccnc5)=CC[C@H]4[C@@]34CC[C@]2(C1)O4. The molecule has 2 spiro atoms. The molecule has 154 valence electrons. The van der Waals surface area contributed by atoms with Crippen molar-refractivity contribution in [3.8, 4) is 0 Å². The van der Waals surface area contributed by atoms with Gasteiger partial charge in [-0.15, -0.1) is 0 Å². The molecule has 30 heavy (non-hydrogen) atoms. The number of anilines is 1. The molecule has 4 atom stereocenters. The van der Waals surface area contributed by atoms with Crippen molar-refractivity contribution in [3.05, 3.63) is 71.6 Å². The van der Waals surface area contributed by atoms with E-state index in [4.69, 9.17) is 4.74 Å². The van der Waals surface area contributed by atoms with Crippen LogP contribution in [0.25, 0.3) is 0 Å². The summed E-state index contributed by atoms with van der Waals surface area (Å²) >= 11 is 0. The molecule has 3 aliphatic carbocycles. The molecule has 0 aromatic carbocycles. The van der Waals surface area contributed by atoms with Crippen LogP contribution in [-0.2, 0) is 9.53 Å². The van der Waals surface area contributed by atoms with Crippen molar-refractivity contribution < 1.29 is 9.53 Å². The molecule has 0 radical (unpaired) electrons. The monoisotopic (exact) mass is 400 g/mol. The van der Waals surface area contributed by atoms with Crippen LogP contribution >= 0.6 is 0 Å². The Morgan fingerprint density at radius 3 is 3.03 bits per heavy atom. The van der Waals surface area contributed by atoms with Crippen molar-refractivity contribution in [2.24, 2.45) is 11.3 Å². The first-order chi connectivity index (χ1) is 14.5. The topological polar surface area (TPSA) is 51.2 Å². The Labute approximate surface area is 177 Å². The van der Waals surface area contributed by atoms with Crippen molar-refractivity contribution in [2.75, 3.05) is 5.32 Å². The normalized spacial score (nSPS) is 38.6. The summed E-state index contributed by atoms with van der Waals surface area (Å²) in [5.74, 6) is 0.291. The van der Waals surface area contributed by atoms with Crippen LogP contribution in [0.5, 0.6) is 0 Å². The van der Waals surface area contributed by atoms with Crippen molar-refractivity contribution >= 4 is 11.6 Å². The van der Waals surface area contributed by atoms with Gasteiger partial charge in [-0.2, -0.15) is 0 Å². The van der Waals surface area contributed by atoms with Crippen LogP contribution in [0.3, 0.4) is 0 Å². The van der Waals surface area contributed by atoms with E-state index in [1.54, 1.807) is 12.4 Å². The number of carbonyl (C=O) groups excluding carboxylic acids is 1. The van der Waals surface area contributed by atoms with E-state index in [9.17, 15) is 4.79 Å². The van der Waals surface area contributed by atoms with Gasteiger partial charge >= 0.3 is 0 Å². The van der Waals surface area contributed by atoms with E-state index in [0.717, 1.165) is 56.2 Å². The molecule has 5 aliphatic rings. The minimum atomic E-state index is -0.263. The summed E-state index contributed by atoms with van der Waals surface area (Å²) in [6, 6.07) is 3.72.